The predicted octanol–water partition coefficient (Wildman–Crippen LogP) is 4.45. The number of benzene rings is 2. The lowest BCUT2D eigenvalue weighted by molar-refractivity contribution is -0.132. The van der Waals surface area contributed by atoms with E-state index in [1.165, 1.54) is 23.5 Å². The Morgan fingerprint density at radius 1 is 1.21 bits per heavy atom. The van der Waals surface area contributed by atoms with Gasteiger partial charge in [0.05, 0.1) is 23.2 Å². The molecule has 29 heavy (non-hydrogen) atoms. The Kier molecular flexibility index (Phi) is 5.94. The van der Waals surface area contributed by atoms with E-state index in [1.54, 1.807) is 6.07 Å². The van der Waals surface area contributed by atoms with E-state index in [2.05, 4.69) is 4.98 Å². The minimum atomic E-state index is -0.271. The smallest absolute Gasteiger partial charge is 0.274 e. The highest BCUT2D eigenvalue weighted by molar-refractivity contribution is 7.20. The molecule has 1 fully saturated rings. The normalized spacial score (nSPS) is 14.9. The van der Waals surface area contributed by atoms with Crippen LogP contribution in [-0.4, -0.2) is 41.6 Å². The number of amides is 1. The van der Waals surface area contributed by atoms with Gasteiger partial charge < -0.3 is 14.4 Å². The molecule has 7 heteroatoms. The van der Waals surface area contributed by atoms with Crippen LogP contribution >= 0.6 is 11.3 Å². The van der Waals surface area contributed by atoms with E-state index in [4.69, 9.17) is 9.47 Å². The molecule has 0 bridgehead atoms. The van der Waals surface area contributed by atoms with Crippen LogP contribution in [0.5, 0.6) is 10.9 Å². The molecule has 1 aliphatic heterocycles. The number of rotatable bonds is 6. The fourth-order valence-electron chi connectivity index (χ4n) is 3.45. The molecule has 3 aromatic rings. The third kappa shape index (κ3) is 4.85. The SMILES string of the molecule is CCOc1ccc(CC(=O)N2CCC(Oc3nc4ccc(F)cc4s3)CC2)cc1. The second-order valence-corrected chi connectivity index (χ2v) is 8.04. The molecule has 1 saturated heterocycles. The first-order valence-corrected chi connectivity index (χ1v) is 10.6. The fraction of sp³-hybridized carbons (Fsp3) is 0.364. The van der Waals surface area contributed by atoms with Gasteiger partial charge in [0.2, 0.25) is 5.91 Å². The zero-order valence-electron chi connectivity index (χ0n) is 16.3. The largest absolute Gasteiger partial charge is 0.494 e. The number of carbonyl (C=O) groups is 1. The number of halogens is 1. The van der Waals surface area contributed by atoms with Crippen LogP contribution < -0.4 is 9.47 Å². The van der Waals surface area contributed by atoms with Crippen molar-refractivity contribution in [3.8, 4) is 10.9 Å². The average molecular weight is 415 g/mol. The minimum Gasteiger partial charge on any atom is -0.494 e. The van der Waals surface area contributed by atoms with Gasteiger partial charge in [0.15, 0.2) is 0 Å². The van der Waals surface area contributed by atoms with Crippen LogP contribution in [0, 0.1) is 5.82 Å². The molecule has 0 aliphatic carbocycles. The van der Waals surface area contributed by atoms with Crippen molar-refractivity contribution in [3.05, 3.63) is 53.8 Å². The number of piperidine rings is 1. The maximum absolute atomic E-state index is 13.3. The Bertz CT molecular complexity index is 981. The van der Waals surface area contributed by atoms with Gasteiger partial charge in [-0.1, -0.05) is 23.5 Å². The van der Waals surface area contributed by atoms with Crippen molar-refractivity contribution in [2.75, 3.05) is 19.7 Å². The Labute approximate surface area is 173 Å². The van der Waals surface area contributed by atoms with Crippen LogP contribution in [0.1, 0.15) is 25.3 Å². The van der Waals surface area contributed by atoms with E-state index in [1.807, 2.05) is 36.1 Å². The van der Waals surface area contributed by atoms with Crippen LogP contribution in [0.2, 0.25) is 0 Å². The van der Waals surface area contributed by atoms with Gasteiger partial charge >= 0.3 is 0 Å². The molecule has 5 nitrogen and oxygen atoms in total. The molecular weight excluding hydrogens is 391 g/mol. The second-order valence-electron chi connectivity index (χ2n) is 7.04. The summed E-state index contributed by atoms with van der Waals surface area (Å²) < 4.78 is 25.5. The summed E-state index contributed by atoms with van der Waals surface area (Å²) in [5, 5.41) is 0.560. The van der Waals surface area contributed by atoms with Gasteiger partial charge in [-0.15, -0.1) is 0 Å². The zero-order valence-corrected chi connectivity index (χ0v) is 17.1. The Morgan fingerprint density at radius 3 is 2.69 bits per heavy atom. The lowest BCUT2D eigenvalue weighted by Gasteiger charge is -2.31. The maximum Gasteiger partial charge on any atom is 0.274 e. The molecule has 0 atom stereocenters. The van der Waals surface area contributed by atoms with Crippen molar-refractivity contribution in [2.24, 2.45) is 0 Å². The molecule has 0 saturated carbocycles. The number of carbonyl (C=O) groups excluding carboxylic acids is 1. The quantitative estimate of drug-likeness (QED) is 0.598. The van der Waals surface area contributed by atoms with Crippen LogP contribution in [0.4, 0.5) is 4.39 Å². The minimum absolute atomic E-state index is 0.0231. The number of hydrogen-bond donors (Lipinski definition) is 0. The van der Waals surface area contributed by atoms with Gasteiger partial charge in [0.1, 0.15) is 17.7 Å². The van der Waals surface area contributed by atoms with E-state index in [0.29, 0.717) is 31.3 Å². The summed E-state index contributed by atoms with van der Waals surface area (Å²) in [6.45, 7) is 3.91. The highest BCUT2D eigenvalue weighted by Crippen LogP contribution is 2.30. The predicted molar refractivity (Wildman–Crippen MR) is 111 cm³/mol. The molecule has 1 aliphatic rings. The first-order chi connectivity index (χ1) is 14.1. The summed E-state index contributed by atoms with van der Waals surface area (Å²) in [7, 11) is 0. The van der Waals surface area contributed by atoms with Crippen molar-refractivity contribution in [1.29, 1.82) is 0 Å². The molecule has 2 heterocycles. The van der Waals surface area contributed by atoms with Gasteiger partial charge in [0, 0.05) is 25.9 Å². The highest BCUT2D eigenvalue weighted by Gasteiger charge is 2.24. The Hall–Kier alpha value is -2.67. The van der Waals surface area contributed by atoms with Crippen LogP contribution in [0.15, 0.2) is 42.5 Å². The van der Waals surface area contributed by atoms with Crippen molar-refractivity contribution < 1.29 is 18.7 Å². The monoisotopic (exact) mass is 414 g/mol. The van der Waals surface area contributed by atoms with Crippen molar-refractivity contribution in [2.45, 2.75) is 32.3 Å². The number of thiazole rings is 1. The molecular formula is C22H23FN2O3S. The van der Waals surface area contributed by atoms with E-state index in [0.717, 1.165) is 34.4 Å². The molecule has 4 rings (SSSR count). The third-order valence-corrected chi connectivity index (χ3v) is 5.89. The average Bonchev–Trinajstić information content (AvgIpc) is 3.11. The van der Waals surface area contributed by atoms with Crippen LogP contribution in [-0.2, 0) is 11.2 Å². The standard InChI is InChI=1S/C22H23FN2O3S/c1-2-27-17-6-3-15(4-7-17)13-21(26)25-11-9-18(10-12-25)28-22-24-19-8-5-16(23)14-20(19)29-22/h3-8,14,18H,2,9-13H2,1H3. The topological polar surface area (TPSA) is 51.7 Å². The number of ether oxygens (including phenoxy) is 2. The van der Waals surface area contributed by atoms with Gasteiger partial charge in [-0.3, -0.25) is 4.79 Å². The highest BCUT2D eigenvalue weighted by atomic mass is 32.1. The molecule has 0 radical (unpaired) electrons. The molecule has 1 aromatic heterocycles. The van der Waals surface area contributed by atoms with Crippen molar-refractivity contribution >= 4 is 27.5 Å². The van der Waals surface area contributed by atoms with Gasteiger partial charge in [-0.25, -0.2) is 9.37 Å². The Morgan fingerprint density at radius 2 is 1.97 bits per heavy atom. The van der Waals surface area contributed by atoms with Gasteiger partial charge in [0.25, 0.3) is 5.19 Å². The molecule has 2 aromatic carbocycles. The van der Waals surface area contributed by atoms with Crippen LogP contribution in [0.25, 0.3) is 10.2 Å². The maximum atomic E-state index is 13.3. The molecule has 1 amide bonds. The summed E-state index contributed by atoms with van der Waals surface area (Å²) in [5.74, 6) is 0.675. The summed E-state index contributed by atoms with van der Waals surface area (Å²) in [6, 6.07) is 12.2. The first kappa shape index (κ1) is 19.6. The molecule has 152 valence electrons. The van der Waals surface area contributed by atoms with E-state index >= 15 is 0 Å². The molecule has 0 unspecified atom stereocenters. The summed E-state index contributed by atoms with van der Waals surface area (Å²) in [6.07, 6.45) is 1.94. The molecule has 0 spiro atoms. The van der Waals surface area contributed by atoms with Crippen molar-refractivity contribution in [3.63, 3.8) is 0 Å². The second kappa shape index (κ2) is 8.78. The van der Waals surface area contributed by atoms with Crippen LogP contribution in [0.3, 0.4) is 0 Å². The summed E-state index contributed by atoms with van der Waals surface area (Å²) >= 11 is 1.35. The van der Waals surface area contributed by atoms with E-state index in [9.17, 15) is 9.18 Å². The summed E-state index contributed by atoms with van der Waals surface area (Å²) in [4.78, 5) is 18.9. The number of likely N-dealkylation sites (tertiary alicyclic amines) is 1. The number of fused-ring (bicyclic) bond motifs is 1. The summed E-state index contributed by atoms with van der Waals surface area (Å²) in [5.41, 5.74) is 1.73. The Balaban J connectivity index is 1.28. The lowest BCUT2D eigenvalue weighted by Crippen LogP contribution is -2.42. The fourth-order valence-corrected chi connectivity index (χ4v) is 4.36. The third-order valence-electron chi connectivity index (χ3n) is 4.98. The van der Waals surface area contributed by atoms with Crippen molar-refractivity contribution in [1.82, 2.24) is 9.88 Å². The van der Waals surface area contributed by atoms with E-state index < -0.39 is 0 Å². The number of hydrogen-bond acceptors (Lipinski definition) is 5. The number of aromatic nitrogens is 1. The van der Waals surface area contributed by atoms with Gasteiger partial charge in [-0.05, 0) is 42.8 Å². The van der Waals surface area contributed by atoms with E-state index in [-0.39, 0.29) is 17.8 Å². The number of nitrogens with zero attached hydrogens (tertiary/aromatic N) is 2. The molecule has 0 N–H and O–H groups in total. The van der Waals surface area contributed by atoms with Gasteiger partial charge in [-0.2, -0.15) is 0 Å². The first-order valence-electron chi connectivity index (χ1n) is 9.83. The zero-order chi connectivity index (χ0) is 20.2. The lowest BCUT2D eigenvalue weighted by atomic mass is 10.1.